The summed E-state index contributed by atoms with van der Waals surface area (Å²) in [4.78, 5) is 0. The van der Waals surface area contributed by atoms with Crippen molar-refractivity contribution in [3.8, 4) is 5.75 Å². The monoisotopic (exact) mass is 352 g/mol. The van der Waals surface area contributed by atoms with Crippen molar-refractivity contribution in [3.05, 3.63) is 65.2 Å². The molecule has 4 rings (SSSR count). The molecule has 0 amide bonds. The summed E-state index contributed by atoms with van der Waals surface area (Å²) in [5.74, 6) is 0.933. The molecule has 2 saturated heterocycles. The van der Waals surface area contributed by atoms with Crippen molar-refractivity contribution in [2.24, 2.45) is 0 Å². The Morgan fingerprint density at radius 3 is 1.96 bits per heavy atom. The predicted molar refractivity (Wildman–Crippen MR) is 103 cm³/mol. The molecule has 0 bridgehead atoms. The van der Waals surface area contributed by atoms with Crippen molar-refractivity contribution in [2.75, 3.05) is 19.8 Å². The van der Waals surface area contributed by atoms with Gasteiger partial charge >= 0.3 is 0 Å². The molecule has 0 spiro atoms. The van der Waals surface area contributed by atoms with Gasteiger partial charge in [-0.25, -0.2) is 0 Å². The van der Waals surface area contributed by atoms with Crippen LogP contribution in [0.25, 0.3) is 0 Å². The number of ether oxygens (including phenoxy) is 3. The van der Waals surface area contributed by atoms with Gasteiger partial charge in [-0.15, -0.1) is 0 Å². The maximum Gasteiger partial charge on any atom is 0.119 e. The summed E-state index contributed by atoms with van der Waals surface area (Å²) in [5.41, 5.74) is 4.00. The number of aryl methyl sites for hydroxylation is 1. The lowest BCUT2D eigenvalue weighted by Gasteiger charge is -2.26. The molecule has 0 aliphatic carbocycles. The summed E-state index contributed by atoms with van der Waals surface area (Å²) in [6.45, 7) is 7.12. The highest BCUT2D eigenvalue weighted by molar-refractivity contribution is 5.40. The lowest BCUT2D eigenvalue weighted by Crippen LogP contribution is -2.18. The summed E-state index contributed by atoms with van der Waals surface area (Å²) >= 11 is 0. The van der Waals surface area contributed by atoms with E-state index in [2.05, 4.69) is 62.4 Å². The summed E-state index contributed by atoms with van der Waals surface area (Å²) in [6, 6.07) is 17.6. The van der Waals surface area contributed by atoms with Gasteiger partial charge in [0, 0.05) is 11.8 Å². The Labute approximate surface area is 156 Å². The van der Waals surface area contributed by atoms with Gasteiger partial charge in [-0.3, -0.25) is 0 Å². The second-order valence-corrected chi connectivity index (χ2v) is 7.93. The standard InChI is InChI=1S/C23H28O3/c1-23(2,18-6-3-17(4-7-18)5-10-21-15-25-21)19-8-11-20(12-9-19)24-14-13-22-16-26-22/h3-4,6-9,11-12,21-22H,5,10,13-16H2,1-2H3. The molecule has 2 aromatic rings. The van der Waals surface area contributed by atoms with Gasteiger partial charge in [0.05, 0.1) is 32.0 Å². The van der Waals surface area contributed by atoms with Gasteiger partial charge in [0.1, 0.15) is 5.75 Å². The fourth-order valence-corrected chi connectivity index (χ4v) is 3.33. The summed E-state index contributed by atoms with van der Waals surface area (Å²) < 4.78 is 16.3. The lowest BCUT2D eigenvalue weighted by molar-refractivity contribution is 0.283. The van der Waals surface area contributed by atoms with Gasteiger partial charge in [-0.1, -0.05) is 50.2 Å². The third kappa shape index (κ3) is 4.46. The van der Waals surface area contributed by atoms with Gasteiger partial charge < -0.3 is 14.2 Å². The van der Waals surface area contributed by atoms with Crippen LogP contribution >= 0.6 is 0 Å². The van der Waals surface area contributed by atoms with Crippen LogP contribution in [-0.4, -0.2) is 32.0 Å². The van der Waals surface area contributed by atoms with Crippen molar-refractivity contribution in [3.63, 3.8) is 0 Å². The molecule has 2 atom stereocenters. The molecule has 0 aromatic heterocycles. The van der Waals surface area contributed by atoms with E-state index in [1.54, 1.807) is 0 Å². The Morgan fingerprint density at radius 2 is 1.38 bits per heavy atom. The molecular formula is C23H28O3. The van der Waals surface area contributed by atoms with Gasteiger partial charge in [-0.05, 0) is 41.7 Å². The van der Waals surface area contributed by atoms with Crippen LogP contribution in [0.15, 0.2) is 48.5 Å². The zero-order chi connectivity index (χ0) is 18.0. The molecule has 3 nitrogen and oxygen atoms in total. The Balaban J connectivity index is 1.37. The second-order valence-electron chi connectivity index (χ2n) is 7.93. The van der Waals surface area contributed by atoms with Crippen LogP contribution in [0.1, 0.15) is 43.4 Å². The predicted octanol–water partition coefficient (Wildman–Crippen LogP) is 4.51. The van der Waals surface area contributed by atoms with Gasteiger partial charge in [0.25, 0.3) is 0 Å². The molecule has 2 heterocycles. The van der Waals surface area contributed by atoms with Gasteiger partial charge in [-0.2, -0.15) is 0 Å². The first kappa shape index (κ1) is 17.6. The van der Waals surface area contributed by atoms with Crippen molar-refractivity contribution in [1.29, 1.82) is 0 Å². The molecule has 3 heteroatoms. The summed E-state index contributed by atoms with van der Waals surface area (Å²) in [5, 5.41) is 0. The molecule has 2 aliphatic heterocycles. The van der Waals surface area contributed by atoms with Crippen molar-refractivity contribution < 1.29 is 14.2 Å². The highest BCUT2D eigenvalue weighted by Gasteiger charge is 2.24. The van der Waals surface area contributed by atoms with Crippen molar-refractivity contribution in [1.82, 2.24) is 0 Å². The smallest absolute Gasteiger partial charge is 0.119 e. The fraction of sp³-hybridized carbons (Fsp3) is 0.478. The number of hydrogen-bond acceptors (Lipinski definition) is 3. The van der Waals surface area contributed by atoms with Crippen molar-refractivity contribution >= 4 is 0 Å². The van der Waals surface area contributed by atoms with E-state index in [1.165, 1.54) is 16.7 Å². The van der Waals surface area contributed by atoms with Gasteiger partial charge in [0.15, 0.2) is 0 Å². The van der Waals surface area contributed by atoms with E-state index in [0.717, 1.165) is 44.8 Å². The average molecular weight is 352 g/mol. The van der Waals surface area contributed by atoms with E-state index in [9.17, 15) is 0 Å². The van der Waals surface area contributed by atoms with Crippen LogP contribution in [0, 0.1) is 0 Å². The number of hydrogen-bond donors (Lipinski definition) is 0. The van der Waals surface area contributed by atoms with E-state index in [0.29, 0.717) is 12.2 Å². The minimum Gasteiger partial charge on any atom is -0.493 e. The molecule has 0 radical (unpaired) electrons. The fourth-order valence-electron chi connectivity index (χ4n) is 3.33. The van der Waals surface area contributed by atoms with Crippen LogP contribution in [0.3, 0.4) is 0 Å². The lowest BCUT2D eigenvalue weighted by atomic mass is 9.78. The van der Waals surface area contributed by atoms with Crippen molar-refractivity contribution in [2.45, 2.75) is 50.7 Å². The number of epoxide rings is 2. The molecule has 2 unspecified atom stereocenters. The molecule has 0 N–H and O–H groups in total. The van der Waals surface area contributed by atoms with E-state index in [4.69, 9.17) is 14.2 Å². The molecule has 138 valence electrons. The van der Waals surface area contributed by atoms with Crippen LogP contribution in [0.4, 0.5) is 0 Å². The second kappa shape index (κ2) is 7.42. The Morgan fingerprint density at radius 1 is 0.846 bits per heavy atom. The van der Waals surface area contributed by atoms with E-state index >= 15 is 0 Å². The molecule has 2 fully saturated rings. The highest BCUT2D eigenvalue weighted by Crippen LogP contribution is 2.33. The molecule has 2 aromatic carbocycles. The summed E-state index contributed by atoms with van der Waals surface area (Å²) in [7, 11) is 0. The highest BCUT2D eigenvalue weighted by atomic mass is 16.6. The van der Waals surface area contributed by atoms with Crippen LogP contribution in [-0.2, 0) is 21.3 Å². The number of rotatable bonds is 9. The minimum absolute atomic E-state index is 0.0292. The SMILES string of the molecule is CC(C)(c1ccc(CCC2CO2)cc1)c1ccc(OCCC2CO2)cc1. The summed E-state index contributed by atoms with van der Waals surface area (Å²) in [6.07, 6.45) is 4.14. The molecule has 2 aliphatic rings. The number of benzene rings is 2. The van der Waals surface area contributed by atoms with Crippen LogP contribution < -0.4 is 4.74 Å². The third-order valence-electron chi connectivity index (χ3n) is 5.52. The Kier molecular flexibility index (Phi) is 5.01. The molecule has 26 heavy (non-hydrogen) atoms. The van der Waals surface area contributed by atoms with Crippen LogP contribution in [0.2, 0.25) is 0 Å². The first-order valence-electron chi connectivity index (χ1n) is 9.67. The zero-order valence-corrected chi connectivity index (χ0v) is 15.7. The maximum absolute atomic E-state index is 5.81. The van der Waals surface area contributed by atoms with E-state index < -0.39 is 0 Å². The minimum atomic E-state index is -0.0292. The first-order chi connectivity index (χ1) is 12.6. The molecule has 0 saturated carbocycles. The maximum atomic E-state index is 5.81. The average Bonchev–Trinajstić information content (AvgIpc) is 3.55. The first-order valence-corrected chi connectivity index (χ1v) is 9.67. The topological polar surface area (TPSA) is 34.3 Å². The molecular weight excluding hydrogens is 324 g/mol. The Bertz CT molecular complexity index is 710. The zero-order valence-electron chi connectivity index (χ0n) is 15.7. The largest absolute Gasteiger partial charge is 0.493 e. The van der Waals surface area contributed by atoms with E-state index in [1.807, 2.05) is 0 Å². The van der Waals surface area contributed by atoms with Crippen LogP contribution in [0.5, 0.6) is 5.75 Å². The van der Waals surface area contributed by atoms with Gasteiger partial charge in [0.2, 0.25) is 0 Å². The van der Waals surface area contributed by atoms with E-state index in [-0.39, 0.29) is 5.41 Å². The Hall–Kier alpha value is -1.84. The quantitative estimate of drug-likeness (QED) is 0.623. The third-order valence-corrected chi connectivity index (χ3v) is 5.52. The normalized spacial score (nSPS) is 21.5.